The number of benzene rings is 3. The Hall–Kier alpha value is -3.34. The quantitative estimate of drug-likeness (QED) is 0.264. The van der Waals surface area contributed by atoms with E-state index in [9.17, 15) is 4.79 Å². The Balaban J connectivity index is 1.80. The summed E-state index contributed by atoms with van der Waals surface area (Å²) in [5.41, 5.74) is 4.08. The minimum Gasteiger partial charge on any atom is -0.495 e. The molecule has 3 aromatic carbocycles. The maximum Gasteiger partial charge on any atom is 0.159 e. The molecule has 166 valence electrons. The molecule has 0 fully saturated rings. The van der Waals surface area contributed by atoms with E-state index in [0.717, 1.165) is 33.2 Å². The van der Waals surface area contributed by atoms with Gasteiger partial charge in [-0.25, -0.2) is 0 Å². The van der Waals surface area contributed by atoms with Crippen LogP contribution in [0.15, 0.2) is 73.4 Å². The topological polar surface area (TPSA) is 48.4 Å². The summed E-state index contributed by atoms with van der Waals surface area (Å²) >= 11 is 13.2. The molecule has 33 heavy (non-hydrogen) atoms. The average Bonchev–Trinajstić information content (AvgIpc) is 2.84. The molecule has 0 spiro atoms. The number of hydrogen-bond acceptors (Lipinski definition) is 4. The number of hydrogen-bond donors (Lipinski definition) is 0. The molecule has 0 aliphatic rings. The molecule has 0 aliphatic carbocycles. The van der Waals surface area contributed by atoms with Crippen LogP contribution in [-0.4, -0.2) is 25.0 Å². The Kier molecular flexibility index (Phi) is 6.68. The molecule has 0 radical (unpaired) electrons. The van der Waals surface area contributed by atoms with Crippen LogP contribution in [0.25, 0.3) is 33.2 Å². The molecular weight excluding hydrogens is 457 g/mol. The van der Waals surface area contributed by atoms with Gasteiger partial charge in [0, 0.05) is 35.2 Å². The van der Waals surface area contributed by atoms with Gasteiger partial charge >= 0.3 is 0 Å². The number of nitrogens with zero attached hydrogens (tertiary/aromatic N) is 1. The molecular formula is C27H21Cl2NO3. The predicted octanol–water partition coefficient (Wildman–Crippen LogP) is 7.19. The third-order valence-electron chi connectivity index (χ3n) is 5.47. The number of ketones is 1. The van der Waals surface area contributed by atoms with Crippen LogP contribution in [0.4, 0.5) is 0 Å². The molecule has 0 saturated carbocycles. The lowest BCUT2D eigenvalue weighted by Crippen LogP contribution is -2.00. The molecule has 4 rings (SSSR count). The number of allylic oxidation sites excluding steroid dienone is 1. The third kappa shape index (κ3) is 4.45. The van der Waals surface area contributed by atoms with Crippen LogP contribution in [0.1, 0.15) is 5.56 Å². The normalized spacial score (nSPS) is 10.8. The molecule has 0 N–H and O–H groups in total. The summed E-state index contributed by atoms with van der Waals surface area (Å²) in [7, 11) is 3.09. The zero-order valence-corrected chi connectivity index (χ0v) is 19.7. The number of methoxy groups -OCH3 is 2. The fourth-order valence-corrected chi connectivity index (χ4v) is 4.49. The highest BCUT2D eigenvalue weighted by Crippen LogP contribution is 2.46. The number of carbonyl (C=O) groups is 1. The molecule has 0 amide bonds. The molecule has 1 heterocycles. The summed E-state index contributed by atoms with van der Waals surface area (Å²) in [6.07, 6.45) is 3.43. The van der Waals surface area contributed by atoms with Crippen molar-refractivity contribution in [1.29, 1.82) is 0 Å². The van der Waals surface area contributed by atoms with Crippen molar-refractivity contribution in [3.8, 4) is 33.9 Å². The average molecular weight is 478 g/mol. The van der Waals surface area contributed by atoms with Crippen LogP contribution >= 0.6 is 23.2 Å². The van der Waals surface area contributed by atoms with Crippen LogP contribution in [-0.2, 0) is 11.2 Å². The zero-order valence-electron chi connectivity index (χ0n) is 18.2. The second-order valence-electron chi connectivity index (χ2n) is 7.42. The summed E-state index contributed by atoms with van der Waals surface area (Å²) in [5.74, 6) is 0.926. The predicted molar refractivity (Wildman–Crippen MR) is 135 cm³/mol. The number of fused-ring (bicyclic) bond motifs is 1. The number of aromatic nitrogens is 1. The molecule has 0 saturated heterocycles. The molecule has 1 aromatic heterocycles. The summed E-state index contributed by atoms with van der Waals surface area (Å²) in [5, 5.41) is 2.74. The second-order valence-corrected chi connectivity index (χ2v) is 8.18. The minimum atomic E-state index is -0.0321. The maximum absolute atomic E-state index is 11.9. The van der Waals surface area contributed by atoms with Crippen LogP contribution in [0.2, 0.25) is 10.0 Å². The first-order valence-corrected chi connectivity index (χ1v) is 11.0. The lowest BCUT2D eigenvalue weighted by molar-refractivity contribution is -0.114. The first kappa shape index (κ1) is 22.8. The standard InChI is InChI=1S/C27H21Cl2NO3/c1-4-20(31)12-17-7-5-6-8-21(17)22-13-16-9-10-18(11-19(16)15-30-22)25-26(28)23(32-2)14-24(33-3)27(25)29/h4-11,13-15H,1,12H2,2-3H3. The van der Waals surface area contributed by atoms with Gasteiger partial charge in [0.2, 0.25) is 0 Å². The van der Waals surface area contributed by atoms with Gasteiger partial charge in [0.1, 0.15) is 11.5 Å². The van der Waals surface area contributed by atoms with E-state index in [-0.39, 0.29) is 12.2 Å². The third-order valence-corrected chi connectivity index (χ3v) is 6.22. The van der Waals surface area contributed by atoms with E-state index in [1.165, 1.54) is 6.08 Å². The van der Waals surface area contributed by atoms with Crippen LogP contribution in [0.5, 0.6) is 11.5 Å². The molecule has 4 aromatic rings. The van der Waals surface area contributed by atoms with Crippen LogP contribution in [0.3, 0.4) is 0 Å². The van der Waals surface area contributed by atoms with Gasteiger partial charge in [-0.3, -0.25) is 9.78 Å². The van der Waals surface area contributed by atoms with Gasteiger partial charge < -0.3 is 9.47 Å². The van der Waals surface area contributed by atoms with Gasteiger partial charge in [-0.2, -0.15) is 0 Å². The molecule has 0 bridgehead atoms. The number of ether oxygens (including phenoxy) is 2. The Morgan fingerprint density at radius 2 is 1.67 bits per heavy atom. The van der Waals surface area contributed by atoms with Crippen LogP contribution in [0, 0.1) is 0 Å². The van der Waals surface area contributed by atoms with E-state index in [1.54, 1.807) is 26.5 Å². The fraction of sp³-hybridized carbons (Fsp3) is 0.111. The number of pyridine rings is 1. The van der Waals surface area contributed by atoms with Crippen molar-refractivity contribution in [1.82, 2.24) is 4.98 Å². The highest BCUT2D eigenvalue weighted by atomic mass is 35.5. The Morgan fingerprint density at radius 1 is 0.970 bits per heavy atom. The number of rotatable bonds is 7. The minimum absolute atomic E-state index is 0.0321. The molecule has 0 aliphatic heterocycles. The van der Waals surface area contributed by atoms with Crippen LogP contribution < -0.4 is 9.47 Å². The molecule has 4 nitrogen and oxygen atoms in total. The first-order chi connectivity index (χ1) is 16.0. The summed E-state index contributed by atoms with van der Waals surface area (Å²) in [6.45, 7) is 3.57. The summed E-state index contributed by atoms with van der Waals surface area (Å²) in [6, 6.07) is 17.3. The van der Waals surface area contributed by atoms with Gasteiger partial charge in [-0.15, -0.1) is 0 Å². The van der Waals surface area contributed by atoms with Gasteiger partial charge in [-0.05, 0) is 34.7 Å². The Labute approximate surface area is 202 Å². The zero-order chi connectivity index (χ0) is 23.5. The van der Waals surface area contributed by atoms with Crippen molar-refractivity contribution < 1.29 is 14.3 Å². The highest BCUT2D eigenvalue weighted by Gasteiger charge is 2.19. The van der Waals surface area contributed by atoms with Crippen molar-refractivity contribution in [2.24, 2.45) is 0 Å². The van der Waals surface area contributed by atoms with Gasteiger partial charge in [0.15, 0.2) is 5.78 Å². The van der Waals surface area contributed by atoms with Crippen molar-refractivity contribution in [2.75, 3.05) is 14.2 Å². The van der Waals surface area contributed by atoms with E-state index in [4.69, 9.17) is 32.7 Å². The van der Waals surface area contributed by atoms with E-state index in [2.05, 4.69) is 11.6 Å². The van der Waals surface area contributed by atoms with E-state index in [1.807, 2.05) is 48.5 Å². The van der Waals surface area contributed by atoms with Gasteiger partial charge in [0.25, 0.3) is 0 Å². The highest BCUT2D eigenvalue weighted by molar-refractivity contribution is 6.41. The SMILES string of the molecule is C=CC(=O)Cc1ccccc1-c1cc2ccc(-c3c(Cl)c(OC)cc(OC)c3Cl)cc2cn1. The number of carbonyl (C=O) groups excluding carboxylic acids is 1. The Morgan fingerprint density at radius 3 is 2.33 bits per heavy atom. The molecule has 6 heteroatoms. The van der Waals surface area contributed by atoms with Crippen molar-refractivity contribution >= 4 is 39.8 Å². The van der Waals surface area contributed by atoms with E-state index in [0.29, 0.717) is 27.1 Å². The largest absolute Gasteiger partial charge is 0.495 e. The van der Waals surface area contributed by atoms with Gasteiger partial charge in [-0.1, -0.05) is 66.2 Å². The molecule has 0 atom stereocenters. The first-order valence-electron chi connectivity index (χ1n) is 10.2. The van der Waals surface area contributed by atoms with E-state index >= 15 is 0 Å². The summed E-state index contributed by atoms with van der Waals surface area (Å²) in [4.78, 5) is 16.6. The van der Waals surface area contributed by atoms with Crippen molar-refractivity contribution in [3.63, 3.8) is 0 Å². The van der Waals surface area contributed by atoms with Crippen molar-refractivity contribution in [3.05, 3.63) is 89.1 Å². The fourth-order valence-electron chi connectivity index (χ4n) is 3.77. The summed E-state index contributed by atoms with van der Waals surface area (Å²) < 4.78 is 10.8. The number of halogens is 2. The maximum atomic E-state index is 11.9. The van der Waals surface area contributed by atoms with Crippen molar-refractivity contribution in [2.45, 2.75) is 6.42 Å². The Bertz CT molecular complexity index is 1350. The lowest BCUT2D eigenvalue weighted by Gasteiger charge is -2.15. The second kappa shape index (κ2) is 9.65. The van der Waals surface area contributed by atoms with E-state index < -0.39 is 0 Å². The lowest BCUT2D eigenvalue weighted by atomic mass is 9.97. The smallest absolute Gasteiger partial charge is 0.159 e. The molecule has 0 unspecified atom stereocenters. The monoisotopic (exact) mass is 477 g/mol. The van der Waals surface area contributed by atoms with Gasteiger partial charge in [0.05, 0.1) is 30.0 Å².